The Hall–Kier alpha value is -1.77. The van der Waals surface area contributed by atoms with Gasteiger partial charge in [-0.15, -0.1) is 21.5 Å². The zero-order valence-corrected chi connectivity index (χ0v) is 13.7. The number of rotatable bonds is 6. The average molecular weight is 336 g/mol. The summed E-state index contributed by atoms with van der Waals surface area (Å²) in [5.74, 6) is -0.00103. The van der Waals surface area contributed by atoms with E-state index in [0.29, 0.717) is 13.0 Å². The summed E-state index contributed by atoms with van der Waals surface area (Å²) < 4.78 is 28.7. The number of sulfonamides is 1. The molecule has 8 heteroatoms. The lowest BCUT2D eigenvalue weighted by atomic mass is 10.2. The molecule has 0 saturated carbocycles. The fraction of sp³-hybridized carbons (Fsp3) is 0.286. The summed E-state index contributed by atoms with van der Waals surface area (Å²) in [6, 6.07) is 7.51. The monoisotopic (exact) mass is 336 g/mol. The van der Waals surface area contributed by atoms with E-state index in [1.54, 1.807) is 6.33 Å². The number of nitrogens with zero attached hydrogens (tertiary/aromatic N) is 3. The molecule has 3 aromatic rings. The third kappa shape index (κ3) is 3.52. The van der Waals surface area contributed by atoms with Crippen molar-refractivity contribution in [2.24, 2.45) is 0 Å². The Labute approximate surface area is 132 Å². The third-order valence-electron chi connectivity index (χ3n) is 3.31. The molecule has 0 fully saturated rings. The SMILES string of the molecule is Cc1ccc(CS(=O)(=O)NCCc2csc3nncn23)cc1. The van der Waals surface area contributed by atoms with Gasteiger partial charge in [0.1, 0.15) is 6.33 Å². The van der Waals surface area contributed by atoms with E-state index in [0.717, 1.165) is 21.8 Å². The molecule has 0 unspecified atom stereocenters. The van der Waals surface area contributed by atoms with E-state index in [4.69, 9.17) is 0 Å². The lowest BCUT2D eigenvalue weighted by Gasteiger charge is -2.07. The maximum absolute atomic E-state index is 12.1. The summed E-state index contributed by atoms with van der Waals surface area (Å²) in [7, 11) is -3.33. The standard InChI is InChI=1S/C14H16N4O2S2/c1-11-2-4-12(5-3-11)9-22(19,20)16-7-6-13-8-21-14-17-15-10-18(13)14/h2-5,8,10,16H,6-7,9H2,1H3. The number of hydrogen-bond donors (Lipinski definition) is 1. The van der Waals surface area contributed by atoms with Crippen LogP contribution < -0.4 is 4.72 Å². The number of benzene rings is 1. The molecule has 0 radical (unpaired) electrons. The molecule has 0 amide bonds. The van der Waals surface area contributed by atoms with Gasteiger partial charge in [0, 0.05) is 24.0 Å². The lowest BCUT2D eigenvalue weighted by Crippen LogP contribution is -2.27. The predicted octanol–water partition coefficient (Wildman–Crippen LogP) is 1.76. The Morgan fingerprint density at radius 1 is 1.27 bits per heavy atom. The minimum absolute atomic E-state index is 0.00103. The predicted molar refractivity (Wildman–Crippen MR) is 86.4 cm³/mol. The van der Waals surface area contributed by atoms with Gasteiger partial charge in [-0.05, 0) is 12.5 Å². The fourth-order valence-electron chi connectivity index (χ4n) is 2.15. The van der Waals surface area contributed by atoms with E-state index in [1.807, 2.05) is 41.0 Å². The van der Waals surface area contributed by atoms with Crippen molar-refractivity contribution in [3.8, 4) is 0 Å². The Morgan fingerprint density at radius 3 is 2.82 bits per heavy atom. The molecule has 22 heavy (non-hydrogen) atoms. The molecule has 0 aliphatic rings. The molecule has 0 bridgehead atoms. The van der Waals surface area contributed by atoms with Crippen LogP contribution in [-0.4, -0.2) is 29.6 Å². The smallest absolute Gasteiger partial charge is 0.216 e. The normalized spacial score (nSPS) is 12.0. The van der Waals surface area contributed by atoms with E-state index < -0.39 is 10.0 Å². The van der Waals surface area contributed by atoms with Crippen LogP contribution in [0.5, 0.6) is 0 Å². The third-order valence-corrected chi connectivity index (χ3v) is 5.54. The molecule has 3 rings (SSSR count). The average Bonchev–Trinajstić information content (AvgIpc) is 3.06. The molecule has 0 spiro atoms. The lowest BCUT2D eigenvalue weighted by molar-refractivity contribution is 0.580. The highest BCUT2D eigenvalue weighted by molar-refractivity contribution is 7.88. The van der Waals surface area contributed by atoms with E-state index in [9.17, 15) is 8.42 Å². The molecule has 1 N–H and O–H groups in total. The fourth-order valence-corrected chi connectivity index (χ4v) is 4.14. The number of thiazole rings is 1. The molecule has 116 valence electrons. The largest absolute Gasteiger partial charge is 0.276 e. The Balaban J connectivity index is 1.58. The number of hydrogen-bond acceptors (Lipinski definition) is 5. The van der Waals surface area contributed by atoms with Crippen molar-refractivity contribution in [3.63, 3.8) is 0 Å². The number of fused-ring (bicyclic) bond motifs is 1. The maximum atomic E-state index is 12.1. The second kappa shape index (κ2) is 6.15. The number of aryl methyl sites for hydroxylation is 1. The highest BCUT2D eigenvalue weighted by Crippen LogP contribution is 2.13. The van der Waals surface area contributed by atoms with Crippen molar-refractivity contribution in [1.82, 2.24) is 19.3 Å². The van der Waals surface area contributed by atoms with Gasteiger partial charge in [0.15, 0.2) is 0 Å². The molecular formula is C14H16N4O2S2. The molecule has 0 aliphatic carbocycles. The van der Waals surface area contributed by atoms with Crippen molar-refractivity contribution in [3.05, 3.63) is 52.8 Å². The Morgan fingerprint density at radius 2 is 2.05 bits per heavy atom. The zero-order valence-electron chi connectivity index (χ0n) is 12.1. The summed E-state index contributed by atoms with van der Waals surface area (Å²) in [4.78, 5) is 0.817. The van der Waals surface area contributed by atoms with Gasteiger partial charge in [0.2, 0.25) is 15.0 Å². The van der Waals surface area contributed by atoms with Crippen LogP contribution in [0, 0.1) is 6.92 Å². The van der Waals surface area contributed by atoms with Crippen LogP contribution >= 0.6 is 11.3 Å². The van der Waals surface area contributed by atoms with Crippen LogP contribution in [0.3, 0.4) is 0 Å². The number of nitrogens with one attached hydrogen (secondary N) is 1. The van der Waals surface area contributed by atoms with Crippen LogP contribution in [0.4, 0.5) is 0 Å². The van der Waals surface area contributed by atoms with Crippen LogP contribution in [0.25, 0.3) is 4.96 Å². The second-order valence-corrected chi connectivity index (χ2v) is 7.74. The highest BCUT2D eigenvalue weighted by atomic mass is 32.2. The first-order valence-electron chi connectivity index (χ1n) is 6.82. The highest BCUT2D eigenvalue weighted by Gasteiger charge is 2.12. The van der Waals surface area contributed by atoms with Gasteiger partial charge in [-0.3, -0.25) is 4.40 Å². The summed E-state index contributed by atoms with van der Waals surface area (Å²) in [6.45, 7) is 2.33. The second-order valence-electron chi connectivity index (χ2n) is 5.10. The minimum atomic E-state index is -3.33. The van der Waals surface area contributed by atoms with Crippen LogP contribution in [-0.2, 0) is 22.2 Å². The van der Waals surface area contributed by atoms with Crippen molar-refractivity contribution < 1.29 is 8.42 Å². The van der Waals surface area contributed by atoms with Crippen molar-refractivity contribution in [2.75, 3.05) is 6.54 Å². The van der Waals surface area contributed by atoms with Crippen LogP contribution in [0.1, 0.15) is 16.8 Å². The van der Waals surface area contributed by atoms with Gasteiger partial charge in [-0.25, -0.2) is 13.1 Å². The van der Waals surface area contributed by atoms with Crippen LogP contribution in [0.15, 0.2) is 36.0 Å². The summed E-state index contributed by atoms with van der Waals surface area (Å²) in [5, 5.41) is 9.75. The molecule has 0 saturated heterocycles. The van der Waals surface area contributed by atoms with Gasteiger partial charge in [0.05, 0.1) is 5.75 Å². The topological polar surface area (TPSA) is 76.4 Å². The van der Waals surface area contributed by atoms with Gasteiger partial charge in [0.25, 0.3) is 0 Å². The Kier molecular flexibility index (Phi) is 4.23. The first-order chi connectivity index (χ1) is 10.5. The van der Waals surface area contributed by atoms with E-state index >= 15 is 0 Å². The molecule has 2 aromatic heterocycles. The molecule has 2 heterocycles. The van der Waals surface area contributed by atoms with Gasteiger partial charge >= 0.3 is 0 Å². The molecular weight excluding hydrogens is 320 g/mol. The summed E-state index contributed by atoms with van der Waals surface area (Å²) in [6.07, 6.45) is 2.24. The van der Waals surface area contributed by atoms with Crippen molar-refractivity contribution in [2.45, 2.75) is 19.1 Å². The number of aromatic nitrogens is 3. The van der Waals surface area contributed by atoms with Crippen molar-refractivity contribution in [1.29, 1.82) is 0 Å². The zero-order chi connectivity index (χ0) is 15.6. The van der Waals surface area contributed by atoms with Gasteiger partial charge in [-0.1, -0.05) is 29.8 Å². The molecule has 1 aromatic carbocycles. The van der Waals surface area contributed by atoms with Gasteiger partial charge < -0.3 is 0 Å². The first-order valence-corrected chi connectivity index (χ1v) is 9.36. The summed E-state index contributed by atoms with van der Waals surface area (Å²) >= 11 is 1.49. The Bertz CT molecular complexity index is 866. The first kappa shape index (κ1) is 15.1. The maximum Gasteiger partial charge on any atom is 0.216 e. The van der Waals surface area contributed by atoms with E-state index in [2.05, 4.69) is 14.9 Å². The summed E-state index contributed by atoms with van der Waals surface area (Å²) in [5.41, 5.74) is 2.90. The van der Waals surface area contributed by atoms with E-state index in [1.165, 1.54) is 11.3 Å². The molecule has 0 atom stereocenters. The van der Waals surface area contributed by atoms with Crippen molar-refractivity contribution >= 4 is 26.3 Å². The molecule has 0 aliphatic heterocycles. The minimum Gasteiger partial charge on any atom is -0.276 e. The van der Waals surface area contributed by atoms with E-state index in [-0.39, 0.29) is 5.75 Å². The van der Waals surface area contributed by atoms with Crippen LogP contribution in [0.2, 0.25) is 0 Å². The van der Waals surface area contributed by atoms with Gasteiger partial charge in [-0.2, -0.15) is 0 Å². The molecule has 6 nitrogen and oxygen atoms in total. The quantitative estimate of drug-likeness (QED) is 0.744.